The van der Waals surface area contributed by atoms with Gasteiger partial charge in [0.1, 0.15) is 11.0 Å². The van der Waals surface area contributed by atoms with Gasteiger partial charge in [0, 0.05) is 13.1 Å². The van der Waals surface area contributed by atoms with E-state index in [-0.39, 0.29) is 6.54 Å². The summed E-state index contributed by atoms with van der Waals surface area (Å²) in [4.78, 5) is 7.74. The van der Waals surface area contributed by atoms with Gasteiger partial charge in [-0.3, -0.25) is 0 Å². The molecule has 0 radical (unpaired) electrons. The van der Waals surface area contributed by atoms with Gasteiger partial charge >= 0.3 is 0 Å². The quantitative estimate of drug-likeness (QED) is 0.633. The first-order valence-electron chi connectivity index (χ1n) is 3.82. The highest BCUT2D eigenvalue weighted by Gasteiger charge is 2.00. The van der Waals surface area contributed by atoms with Gasteiger partial charge in [-0.1, -0.05) is 11.6 Å². The molecule has 0 fully saturated rings. The lowest BCUT2D eigenvalue weighted by molar-refractivity contribution is 0.196. The SMILES string of the molecule is NCC(O)CNc1cnc(Cl)cn1. The molecule has 1 atom stereocenters. The monoisotopic (exact) mass is 202 g/mol. The van der Waals surface area contributed by atoms with Crippen LogP contribution in [0.5, 0.6) is 0 Å². The Morgan fingerprint density at radius 3 is 2.85 bits per heavy atom. The van der Waals surface area contributed by atoms with Crippen molar-refractivity contribution in [2.24, 2.45) is 5.73 Å². The molecule has 0 saturated carbocycles. The Labute approximate surface area is 81.0 Å². The molecule has 0 aromatic carbocycles. The molecule has 4 N–H and O–H groups in total. The summed E-state index contributed by atoms with van der Waals surface area (Å²) in [6, 6.07) is 0. The van der Waals surface area contributed by atoms with Crippen molar-refractivity contribution in [3.05, 3.63) is 17.5 Å². The number of aliphatic hydroxyl groups is 1. The van der Waals surface area contributed by atoms with Gasteiger partial charge in [0.05, 0.1) is 18.5 Å². The van der Waals surface area contributed by atoms with Crippen molar-refractivity contribution < 1.29 is 5.11 Å². The predicted octanol–water partition coefficient (Wildman–Crippen LogP) is -0.139. The summed E-state index contributed by atoms with van der Waals surface area (Å²) in [7, 11) is 0. The molecule has 6 heteroatoms. The minimum atomic E-state index is -0.572. The molecule has 1 aromatic rings. The van der Waals surface area contributed by atoms with Crippen LogP contribution in [0.4, 0.5) is 5.82 Å². The number of nitrogens with one attached hydrogen (secondary N) is 1. The Morgan fingerprint density at radius 2 is 2.31 bits per heavy atom. The van der Waals surface area contributed by atoms with Gasteiger partial charge in [0.25, 0.3) is 0 Å². The lowest BCUT2D eigenvalue weighted by atomic mass is 10.3. The van der Waals surface area contributed by atoms with Crippen LogP contribution in [0, 0.1) is 0 Å². The van der Waals surface area contributed by atoms with E-state index in [1.165, 1.54) is 12.4 Å². The van der Waals surface area contributed by atoms with Crippen LogP contribution < -0.4 is 11.1 Å². The second-order valence-corrected chi connectivity index (χ2v) is 2.88. The van der Waals surface area contributed by atoms with E-state index in [1.807, 2.05) is 0 Å². The van der Waals surface area contributed by atoms with E-state index in [9.17, 15) is 0 Å². The average molecular weight is 203 g/mol. The van der Waals surface area contributed by atoms with Crippen molar-refractivity contribution in [1.29, 1.82) is 0 Å². The van der Waals surface area contributed by atoms with Crippen LogP contribution in [-0.2, 0) is 0 Å². The molecule has 0 bridgehead atoms. The second-order valence-electron chi connectivity index (χ2n) is 2.49. The molecule has 0 aliphatic rings. The molecule has 0 saturated heterocycles. The van der Waals surface area contributed by atoms with E-state index < -0.39 is 6.10 Å². The maximum absolute atomic E-state index is 9.11. The van der Waals surface area contributed by atoms with Crippen molar-refractivity contribution in [1.82, 2.24) is 9.97 Å². The molecular weight excluding hydrogens is 192 g/mol. The van der Waals surface area contributed by atoms with Crippen molar-refractivity contribution >= 4 is 17.4 Å². The molecule has 0 spiro atoms. The van der Waals surface area contributed by atoms with E-state index in [0.29, 0.717) is 17.5 Å². The number of hydrogen-bond donors (Lipinski definition) is 3. The van der Waals surface area contributed by atoms with Crippen LogP contribution in [0.2, 0.25) is 5.15 Å². The Bertz CT molecular complexity index is 253. The van der Waals surface area contributed by atoms with E-state index in [4.69, 9.17) is 22.4 Å². The number of hydrogen-bond acceptors (Lipinski definition) is 5. The van der Waals surface area contributed by atoms with E-state index in [0.717, 1.165) is 0 Å². The van der Waals surface area contributed by atoms with Crippen molar-refractivity contribution in [3.8, 4) is 0 Å². The molecule has 0 aliphatic carbocycles. The fraction of sp³-hybridized carbons (Fsp3) is 0.429. The molecule has 1 rings (SSSR count). The summed E-state index contributed by atoms with van der Waals surface area (Å²) < 4.78 is 0. The zero-order valence-corrected chi connectivity index (χ0v) is 7.70. The average Bonchev–Trinajstić information content (AvgIpc) is 2.16. The van der Waals surface area contributed by atoms with Gasteiger partial charge in [-0.05, 0) is 0 Å². The van der Waals surface area contributed by atoms with Gasteiger partial charge in [0.2, 0.25) is 0 Å². The fourth-order valence-electron chi connectivity index (χ4n) is 0.709. The third kappa shape index (κ3) is 3.54. The third-order valence-electron chi connectivity index (χ3n) is 1.41. The lowest BCUT2D eigenvalue weighted by Crippen LogP contribution is -2.28. The minimum absolute atomic E-state index is 0.216. The summed E-state index contributed by atoms with van der Waals surface area (Å²) in [5, 5.41) is 12.3. The summed E-state index contributed by atoms with van der Waals surface area (Å²) in [6.45, 7) is 0.570. The Balaban J connectivity index is 2.41. The van der Waals surface area contributed by atoms with Crippen molar-refractivity contribution in [2.75, 3.05) is 18.4 Å². The first-order chi connectivity index (χ1) is 6.22. The zero-order valence-electron chi connectivity index (χ0n) is 6.94. The standard InChI is InChI=1S/C7H11ClN4O/c8-6-3-12-7(4-10-6)11-2-5(13)1-9/h3-5,13H,1-2,9H2,(H,11,12). The maximum atomic E-state index is 9.11. The third-order valence-corrected chi connectivity index (χ3v) is 1.61. The van der Waals surface area contributed by atoms with Gasteiger partial charge < -0.3 is 16.2 Å². The Morgan fingerprint density at radius 1 is 1.54 bits per heavy atom. The van der Waals surface area contributed by atoms with E-state index in [2.05, 4.69) is 15.3 Å². The summed E-state index contributed by atoms with van der Waals surface area (Å²) in [5.74, 6) is 0.567. The van der Waals surface area contributed by atoms with Crippen LogP contribution >= 0.6 is 11.6 Å². The number of aromatic nitrogens is 2. The summed E-state index contributed by atoms with van der Waals surface area (Å²) >= 11 is 5.53. The Kier molecular flexibility index (Phi) is 3.88. The van der Waals surface area contributed by atoms with E-state index >= 15 is 0 Å². The van der Waals surface area contributed by atoms with Gasteiger partial charge in [-0.2, -0.15) is 0 Å². The van der Waals surface area contributed by atoms with Gasteiger partial charge in [-0.15, -0.1) is 0 Å². The fourth-order valence-corrected chi connectivity index (χ4v) is 0.807. The zero-order chi connectivity index (χ0) is 9.68. The van der Waals surface area contributed by atoms with Crippen LogP contribution in [0.25, 0.3) is 0 Å². The van der Waals surface area contributed by atoms with Crippen molar-refractivity contribution in [2.45, 2.75) is 6.10 Å². The molecule has 5 nitrogen and oxygen atoms in total. The molecule has 0 aliphatic heterocycles. The normalized spacial score (nSPS) is 12.5. The van der Waals surface area contributed by atoms with Crippen LogP contribution in [0.1, 0.15) is 0 Å². The van der Waals surface area contributed by atoms with Crippen molar-refractivity contribution in [3.63, 3.8) is 0 Å². The topological polar surface area (TPSA) is 84.1 Å². The molecule has 72 valence electrons. The first kappa shape index (κ1) is 10.2. The van der Waals surface area contributed by atoms with Crippen LogP contribution in [-0.4, -0.2) is 34.3 Å². The first-order valence-corrected chi connectivity index (χ1v) is 4.19. The number of anilines is 1. The molecule has 13 heavy (non-hydrogen) atoms. The Hall–Kier alpha value is -0.910. The molecular formula is C7H11ClN4O. The largest absolute Gasteiger partial charge is 0.390 e. The lowest BCUT2D eigenvalue weighted by Gasteiger charge is -2.08. The molecule has 1 unspecified atom stereocenters. The number of aliphatic hydroxyl groups excluding tert-OH is 1. The second kappa shape index (κ2) is 4.96. The van der Waals surface area contributed by atoms with Gasteiger partial charge in [-0.25, -0.2) is 9.97 Å². The molecule has 1 heterocycles. The van der Waals surface area contributed by atoms with Crippen LogP contribution in [0.3, 0.4) is 0 Å². The smallest absolute Gasteiger partial charge is 0.147 e. The van der Waals surface area contributed by atoms with Gasteiger partial charge in [0.15, 0.2) is 0 Å². The number of rotatable bonds is 4. The highest BCUT2D eigenvalue weighted by atomic mass is 35.5. The van der Waals surface area contributed by atoms with E-state index in [1.54, 1.807) is 0 Å². The highest BCUT2D eigenvalue weighted by Crippen LogP contribution is 2.04. The minimum Gasteiger partial charge on any atom is -0.390 e. The molecule has 1 aromatic heterocycles. The highest BCUT2D eigenvalue weighted by molar-refractivity contribution is 6.29. The summed E-state index contributed by atoms with van der Waals surface area (Å²) in [5.41, 5.74) is 5.21. The molecule has 0 amide bonds. The number of nitrogens with zero attached hydrogens (tertiary/aromatic N) is 2. The number of halogens is 1. The maximum Gasteiger partial charge on any atom is 0.147 e. The predicted molar refractivity (Wildman–Crippen MR) is 50.6 cm³/mol. The number of nitrogens with two attached hydrogens (primary N) is 1. The summed E-state index contributed by atoms with van der Waals surface area (Å²) in [6.07, 6.45) is 2.35. The van der Waals surface area contributed by atoms with Crippen LogP contribution in [0.15, 0.2) is 12.4 Å².